The number of methoxy groups -OCH3 is 1. The van der Waals surface area contributed by atoms with Crippen molar-refractivity contribution < 1.29 is 41.6 Å². The summed E-state index contributed by atoms with van der Waals surface area (Å²) < 4.78 is 57.8. The van der Waals surface area contributed by atoms with Crippen molar-refractivity contribution in [3.63, 3.8) is 0 Å². The van der Waals surface area contributed by atoms with Crippen LogP contribution in [0.1, 0.15) is 12.0 Å². The highest BCUT2D eigenvalue weighted by molar-refractivity contribution is 7.85. The number of nitro groups is 1. The molecule has 12 heteroatoms. The Balaban J connectivity index is 1.43. The first kappa shape index (κ1) is 27.5. The number of rotatable bonds is 17. The Bertz CT molecular complexity index is 995. The molecule has 0 spiro atoms. The minimum Gasteiger partial charge on any atom is -0.491 e. The van der Waals surface area contributed by atoms with E-state index in [2.05, 4.69) is 0 Å². The van der Waals surface area contributed by atoms with Crippen LogP contribution in [0.15, 0.2) is 47.4 Å². The van der Waals surface area contributed by atoms with Crippen LogP contribution < -0.4 is 9.47 Å². The van der Waals surface area contributed by atoms with Crippen molar-refractivity contribution in [3.8, 4) is 11.5 Å². The Morgan fingerprint density at radius 2 is 1.47 bits per heavy atom. The summed E-state index contributed by atoms with van der Waals surface area (Å²) in [6.45, 7) is 2.86. The van der Waals surface area contributed by atoms with Gasteiger partial charge in [0.05, 0.1) is 50.0 Å². The van der Waals surface area contributed by atoms with Gasteiger partial charge in [0.1, 0.15) is 12.4 Å². The van der Waals surface area contributed by atoms with Gasteiger partial charge >= 0.3 is 5.69 Å². The van der Waals surface area contributed by atoms with Crippen molar-refractivity contribution >= 4 is 15.8 Å². The van der Waals surface area contributed by atoms with Crippen LogP contribution in [0.25, 0.3) is 0 Å². The highest BCUT2D eigenvalue weighted by Crippen LogP contribution is 2.30. The molecule has 188 valence electrons. The topological polar surface area (TPSA) is 144 Å². The zero-order valence-electron chi connectivity index (χ0n) is 18.9. The standard InChI is InChI=1S/C22H29NO10S/c1-29-22-17-19(6-9-21(22)23(24)25)33-16-15-32-14-13-31-12-11-30-10-2-3-18-4-7-20(8-5-18)34(26,27)28/h4-9,17H,2-3,10-16H2,1H3,(H,26,27,28). The summed E-state index contributed by atoms with van der Waals surface area (Å²) in [6.07, 6.45) is 1.50. The predicted molar refractivity (Wildman–Crippen MR) is 122 cm³/mol. The molecule has 0 amide bonds. The van der Waals surface area contributed by atoms with Crippen molar-refractivity contribution in [2.45, 2.75) is 17.7 Å². The molecule has 0 radical (unpaired) electrons. The molecule has 0 bridgehead atoms. The summed E-state index contributed by atoms with van der Waals surface area (Å²) in [5.74, 6) is 0.586. The van der Waals surface area contributed by atoms with Crippen molar-refractivity contribution in [1.82, 2.24) is 0 Å². The van der Waals surface area contributed by atoms with Gasteiger partial charge in [-0.05, 0) is 36.6 Å². The Morgan fingerprint density at radius 3 is 2.03 bits per heavy atom. The third kappa shape index (κ3) is 10.0. The predicted octanol–water partition coefficient (Wildman–Crippen LogP) is 2.91. The minimum atomic E-state index is -4.16. The lowest BCUT2D eigenvalue weighted by atomic mass is 10.1. The Kier molecular flexibility index (Phi) is 11.7. The van der Waals surface area contributed by atoms with Crippen LogP contribution in [-0.4, -0.2) is 71.3 Å². The van der Waals surface area contributed by atoms with E-state index in [-0.39, 0.29) is 22.9 Å². The molecule has 2 aromatic rings. The van der Waals surface area contributed by atoms with E-state index in [0.29, 0.717) is 45.4 Å². The third-order valence-corrected chi connectivity index (χ3v) is 5.43. The molecule has 0 heterocycles. The lowest BCUT2D eigenvalue weighted by molar-refractivity contribution is -0.385. The first-order valence-electron chi connectivity index (χ1n) is 10.6. The summed E-state index contributed by atoms with van der Waals surface area (Å²) in [6, 6.07) is 10.4. The molecule has 1 N–H and O–H groups in total. The second-order valence-electron chi connectivity index (χ2n) is 7.00. The Hall–Kier alpha value is -2.77. The van der Waals surface area contributed by atoms with Gasteiger partial charge in [0, 0.05) is 18.7 Å². The summed E-state index contributed by atoms with van der Waals surface area (Å²) in [5.41, 5.74) is 0.835. The number of nitro benzene ring substituents is 1. The number of benzene rings is 2. The normalized spacial score (nSPS) is 11.4. The van der Waals surface area contributed by atoms with E-state index in [1.807, 2.05) is 0 Å². The molecule has 0 aliphatic rings. The maximum atomic E-state index is 11.0. The Morgan fingerprint density at radius 1 is 0.882 bits per heavy atom. The molecular formula is C22H29NO10S. The van der Waals surface area contributed by atoms with Gasteiger partial charge in [-0.2, -0.15) is 8.42 Å². The van der Waals surface area contributed by atoms with Gasteiger partial charge in [0.15, 0.2) is 0 Å². The van der Waals surface area contributed by atoms with Crippen molar-refractivity contribution in [1.29, 1.82) is 0 Å². The van der Waals surface area contributed by atoms with E-state index >= 15 is 0 Å². The molecule has 0 aliphatic carbocycles. The van der Waals surface area contributed by atoms with E-state index in [9.17, 15) is 18.5 Å². The Labute approximate surface area is 198 Å². The molecule has 0 saturated carbocycles. The summed E-state index contributed by atoms with van der Waals surface area (Å²) in [7, 11) is -2.80. The number of hydrogen-bond donors (Lipinski definition) is 1. The van der Waals surface area contributed by atoms with E-state index in [4.69, 9.17) is 28.2 Å². The molecule has 0 unspecified atom stereocenters. The van der Waals surface area contributed by atoms with Gasteiger partial charge < -0.3 is 23.7 Å². The fraction of sp³-hybridized carbons (Fsp3) is 0.455. The van der Waals surface area contributed by atoms with E-state index in [1.54, 1.807) is 12.1 Å². The van der Waals surface area contributed by atoms with Gasteiger partial charge in [0.2, 0.25) is 5.75 Å². The van der Waals surface area contributed by atoms with Crippen LogP contribution in [0.5, 0.6) is 11.5 Å². The highest BCUT2D eigenvalue weighted by Gasteiger charge is 2.15. The first-order chi connectivity index (χ1) is 16.3. The maximum Gasteiger partial charge on any atom is 0.311 e. The lowest BCUT2D eigenvalue weighted by Crippen LogP contribution is -2.13. The molecular weight excluding hydrogens is 470 g/mol. The summed E-state index contributed by atoms with van der Waals surface area (Å²) in [5, 5.41) is 10.9. The van der Waals surface area contributed by atoms with Crippen molar-refractivity contribution in [2.24, 2.45) is 0 Å². The van der Waals surface area contributed by atoms with Crippen LogP contribution >= 0.6 is 0 Å². The lowest BCUT2D eigenvalue weighted by Gasteiger charge is -2.09. The van der Waals surface area contributed by atoms with Crippen molar-refractivity contribution in [3.05, 3.63) is 58.1 Å². The maximum absolute atomic E-state index is 11.0. The van der Waals surface area contributed by atoms with E-state index in [1.165, 1.54) is 37.4 Å². The smallest absolute Gasteiger partial charge is 0.311 e. The second kappa shape index (κ2) is 14.5. The van der Waals surface area contributed by atoms with Crippen LogP contribution in [-0.2, 0) is 30.7 Å². The van der Waals surface area contributed by atoms with Crippen LogP contribution in [0.2, 0.25) is 0 Å². The second-order valence-corrected chi connectivity index (χ2v) is 8.42. The largest absolute Gasteiger partial charge is 0.491 e. The molecule has 2 aromatic carbocycles. The number of hydrogen-bond acceptors (Lipinski definition) is 9. The number of aryl methyl sites for hydroxylation is 1. The number of ether oxygens (including phenoxy) is 5. The fourth-order valence-electron chi connectivity index (χ4n) is 2.87. The van der Waals surface area contributed by atoms with Crippen molar-refractivity contribution in [2.75, 3.05) is 53.4 Å². The quantitative estimate of drug-likeness (QED) is 0.149. The van der Waals surface area contributed by atoms with Crippen LogP contribution in [0.3, 0.4) is 0 Å². The molecule has 0 fully saturated rings. The summed E-state index contributed by atoms with van der Waals surface area (Å²) >= 11 is 0. The zero-order chi connectivity index (χ0) is 24.8. The van der Waals surface area contributed by atoms with Gasteiger partial charge in [-0.1, -0.05) is 12.1 Å². The van der Waals surface area contributed by atoms with Gasteiger partial charge in [0.25, 0.3) is 10.1 Å². The summed E-state index contributed by atoms with van der Waals surface area (Å²) in [4.78, 5) is 10.2. The molecule has 0 aromatic heterocycles. The zero-order valence-corrected chi connectivity index (χ0v) is 19.7. The first-order valence-corrected chi connectivity index (χ1v) is 12.0. The van der Waals surface area contributed by atoms with Gasteiger partial charge in [-0.25, -0.2) is 0 Å². The number of nitrogens with zero attached hydrogens (tertiary/aromatic N) is 1. The molecule has 34 heavy (non-hydrogen) atoms. The minimum absolute atomic E-state index is 0.119. The van der Waals surface area contributed by atoms with Gasteiger partial charge in [-0.15, -0.1) is 0 Å². The monoisotopic (exact) mass is 499 g/mol. The molecule has 2 rings (SSSR count). The van der Waals surface area contributed by atoms with Crippen LogP contribution in [0, 0.1) is 10.1 Å². The average Bonchev–Trinajstić information content (AvgIpc) is 2.81. The van der Waals surface area contributed by atoms with E-state index < -0.39 is 15.0 Å². The SMILES string of the molecule is COc1cc(OCCOCCOCCOCCCc2ccc(S(=O)(=O)O)cc2)ccc1[N+](=O)[O-]. The molecule has 0 atom stereocenters. The van der Waals surface area contributed by atoms with E-state index in [0.717, 1.165) is 18.4 Å². The average molecular weight is 500 g/mol. The third-order valence-electron chi connectivity index (χ3n) is 4.56. The van der Waals surface area contributed by atoms with Crippen LogP contribution in [0.4, 0.5) is 5.69 Å². The van der Waals surface area contributed by atoms with Gasteiger partial charge in [-0.3, -0.25) is 14.7 Å². The fourth-order valence-corrected chi connectivity index (χ4v) is 3.35. The molecule has 0 aliphatic heterocycles. The molecule has 11 nitrogen and oxygen atoms in total. The highest BCUT2D eigenvalue weighted by atomic mass is 32.2. The molecule has 0 saturated heterocycles.